The molecule has 2 aromatic carbocycles. The van der Waals surface area contributed by atoms with Crippen LogP contribution in [0.3, 0.4) is 0 Å². The van der Waals surface area contributed by atoms with Gasteiger partial charge in [-0.25, -0.2) is 0 Å². The van der Waals surface area contributed by atoms with Crippen LogP contribution in [0.15, 0.2) is 36.4 Å². The molecule has 1 saturated heterocycles. The lowest BCUT2D eigenvalue weighted by Gasteiger charge is -2.38. The van der Waals surface area contributed by atoms with Crippen molar-refractivity contribution in [3.63, 3.8) is 0 Å². The van der Waals surface area contributed by atoms with Gasteiger partial charge in [0.2, 0.25) is 0 Å². The second-order valence-electron chi connectivity index (χ2n) is 4.50. The van der Waals surface area contributed by atoms with Crippen LogP contribution >= 0.6 is 0 Å². The fraction of sp³-hybridized carbons (Fsp3) is 0.286. The van der Waals surface area contributed by atoms with E-state index in [1.165, 1.54) is 5.39 Å². The van der Waals surface area contributed by atoms with E-state index in [4.69, 9.17) is 4.74 Å². The first kappa shape index (κ1) is 9.82. The third-order valence-electron chi connectivity index (χ3n) is 3.28. The molecule has 0 bridgehead atoms. The van der Waals surface area contributed by atoms with Crippen LogP contribution in [0.4, 0.5) is 0 Å². The molecule has 16 heavy (non-hydrogen) atoms. The molecule has 0 atom stereocenters. The highest BCUT2D eigenvalue weighted by Crippen LogP contribution is 2.36. The Morgan fingerprint density at radius 1 is 1.12 bits per heavy atom. The lowest BCUT2D eigenvalue weighted by atomic mass is 9.85. The number of aryl methyl sites for hydroxylation is 1. The van der Waals surface area contributed by atoms with Crippen LogP contribution in [-0.2, 0) is 10.3 Å². The third kappa shape index (κ3) is 1.27. The molecule has 2 heteroatoms. The van der Waals surface area contributed by atoms with Crippen molar-refractivity contribution >= 4 is 10.8 Å². The van der Waals surface area contributed by atoms with Gasteiger partial charge in [-0.2, -0.15) is 0 Å². The first-order valence-corrected chi connectivity index (χ1v) is 5.50. The number of hydrogen-bond donors (Lipinski definition) is 1. The summed E-state index contributed by atoms with van der Waals surface area (Å²) in [6, 6.07) is 12.3. The zero-order valence-electron chi connectivity index (χ0n) is 9.23. The van der Waals surface area contributed by atoms with Gasteiger partial charge in [-0.05, 0) is 28.8 Å². The van der Waals surface area contributed by atoms with Gasteiger partial charge in [0.05, 0.1) is 13.2 Å². The average Bonchev–Trinajstić information content (AvgIpc) is 2.26. The lowest BCUT2D eigenvalue weighted by molar-refractivity contribution is -0.184. The summed E-state index contributed by atoms with van der Waals surface area (Å²) >= 11 is 0. The molecule has 0 amide bonds. The van der Waals surface area contributed by atoms with Crippen LogP contribution < -0.4 is 0 Å². The Morgan fingerprint density at radius 3 is 2.56 bits per heavy atom. The van der Waals surface area contributed by atoms with E-state index < -0.39 is 5.60 Å². The molecule has 82 valence electrons. The van der Waals surface area contributed by atoms with Gasteiger partial charge in [-0.15, -0.1) is 0 Å². The Bertz CT molecular complexity index is 541. The van der Waals surface area contributed by atoms with E-state index in [1.54, 1.807) is 0 Å². The van der Waals surface area contributed by atoms with Crippen LogP contribution in [0, 0.1) is 6.92 Å². The summed E-state index contributed by atoms with van der Waals surface area (Å²) in [5, 5.41) is 12.7. The summed E-state index contributed by atoms with van der Waals surface area (Å²) in [7, 11) is 0. The van der Waals surface area contributed by atoms with Crippen molar-refractivity contribution in [1.29, 1.82) is 0 Å². The second kappa shape index (κ2) is 3.30. The summed E-state index contributed by atoms with van der Waals surface area (Å²) in [4.78, 5) is 0. The van der Waals surface area contributed by atoms with E-state index in [9.17, 15) is 5.11 Å². The maximum Gasteiger partial charge on any atom is 0.137 e. The summed E-state index contributed by atoms with van der Waals surface area (Å²) in [6.45, 7) is 2.85. The highest BCUT2D eigenvalue weighted by Gasteiger charge is 2.40. The van der Waals surface area contributed by atoms with Crippen molar-refractivity contribution in [3.8, 4) is 0 Å². The number of hydrogen-bond acceptors (Lipinski definition) is 2. The van der Waals surface area contributed by atoms with Gasteiger partial charge < -0.3 is 9.84 Å². The standard InChI is InChI=1S/C14H14O2/c1-10-6-7-11-4-2-3-5-12(11)13(10)14(15)8-16-9-14/h2-7,15H,8-9H2,1H3. The number of rotatable bonds is 1. The zero-order chi connectivity index (χ0) is 11.2. The second-order valence-corrected chi connectivity index (χ2v) is 4.50. The summed E-state index contributed by atoms with van der Waals surface area (Å²) in [5.41, 5.74) is 1.37. The summed E-state index contributed by atoms with van der Waals surface area (Å²) < 4.78 is 5.15. The molecule has 0 spiro atoms. The van der Waals surface area contributed by atoms with Gasteiger partial charge in [0.1, 0.15) is 5.60 Å². The van der Waals surface area contributed by atoms with Crippen molar-refractivity contribution in [2.45, 2.75) is 12.5 Å². The largest absolute Gasteiger partial charge is 0.380 e. The number of ether oxygens (including phenoxy) is 1. The van der Waals surface area contributed by atoms with Crippen LogP contribution in [0.1, 0.15) is 11.1 Å². The monoisotopic (exact) mass is 214 g/mol. The molecule has 2 nitrogen and oxygen atoms in total. The van der Waals surface area contributed by atoms with Gasteiger partial charge in [0, 0.05) is 0 Å². The summed E-state index contributed by atoms with van der Waals surface area (Å²) in [5.74, 6) is 0. The molecule has 1 heterocycles. The fourth-order valence-corrected chi connectivity index (χ4v) is 2.44. The molecule has 1 fully saturated rings. The topological polar surface area (TPSA) is 29.5 Å². The first-order chi connectivity index (χ1) is 7.71. The zero-order valence-corrected chi connectivity index (χ0v) is 9.23. The Hall–Kier alpha value is -1.38. The number of aliphatic hydroxyl groups is 1. The molecule has 2 aromatic rings. The first-order valence-electron chi connectivity index (χ1n) is 5.50. The van der Waals surface area contributed by atoms with Gasteiger partial charge >= 0.3 is 0 Å². The molecule has 1 N–H and O–H groups in total. The van der Waals surface area contributed by atoms with Crippen LogP contribution in [0.5, 0.6) is 0 Å². The molecule has 3 rings (SSSR count). The molecular weight excluding hydrogens is 200 g/mol. The maximum atomic E-state index is 10.4. The Morgan fingerprint density at radius 2 is 1.88 bits per heavy atom. The van der Waals surface area contributed by atoms with E-state index in [0.29, 0.717) is 13.2 Å². The normalized spacial score (nSPS) is 18.4. The highest BCUT2D eigenvalue weighted by molar-refractivity contribution is 5.87. The molecule has 0 saturated carbocycles. The third-order valence-corrected chi connectivity index (χ3v) is 3.28. The van der Waals surface area contributed by atoms with Crippen molar-refractivity contribution in [2.75, 3.05) is 13.2 Å². The SMILES string of the molecule is Cc1ccc2ccccc2c1C1(O)COC1. The molecular formula is C14H14O2. The van der Waals surface area contributed by atoms with E-state index in [-0.39, 0.29) is 0 Å². The van der Waals surface area contributed by atoms with Gasteiger partial charge in [0.25, 0.3) is 0 Å². The predicted octanol–water partition coefficient (Wildman–Crippen LogP) is 2.37. The molecule has 0 aliphatic carbocycles. The number of benzene rings is 2. The predicted molar refractivity (Wildman–Crippen MR) is 63.4 cm³/mol. The minimum absolute atomic E-state index is 0.405. The molecule has 0 unspecified atom stereocenters. The Kier molecular flexibility index (Phi) is 2.03. The highest BCUT2D eigenvalue weighted by atomic mass is 16.5. The Labute approximate surface area is 94.5 Å². The van der Waals surface area contributed by atoms with Crippen LogP contribution in [0.25, 0.3) is 10.8 Å². The van der Waals surface area contributed by atoms with E-state index in [1.807, 2.05) is 19.1 Å². The number of fused-ring (bicyclic) bond motifs is 1. The minimum atomic E-state index is -0.787. The van der Waals surface area contributed by atoms with E-state index >= 15 is 0 Å². The summed E-state index contributed by atoms with van der Waals surface area (Å²) in [6.07, 6.45) is 0. The van der Waals surface area contributed by atoms with Crippen molar-refractivity contribution < 1.29 is 9.84 Å². The van der Waals surface area contributed by atoms with E-state index in [0.717, 1.165) is 16.5 Å². The van der Waals surface area contributed by atoms with Gasteiger partial charge in [-0.3, -0.25) is 0 Å². The van der Waals surface area contributed by atoms with Gasteiger partial charge in [-0.1, -0.05) is 36.4 Å². The lowest BCUT2D eigenvalue weighted by Crippen LogP contribution is -2.47. The quantitative estimate of drug-likeness (QED) is 0.789. The molecule has 0 radical (unpaired) electrons. The van der Waals surface area contributed by atoms with E-state index in [2.05, 4.69) is 24.3 Å². The smallest absolute Gasteiger partial charge is 0.137 e. The van der Waals surface area contributed by atoms with Gasteiger partial charge in [0.15, 0.2) is 0 Å². The van der Waals surface area contributed by atoms with Crippen molar-refractivity contribution in [3.05, 3.63) is 47.5 Å². The molecule has 1 aliphatic heterocycles. The Balaban J connectivity index is 2.32. The van der Waals surface area contributed by atoms with Crippen LogP contribution in [-0.4, -0.2) is 18.3 Å². The maximum absolute atomic E-state index is 10.4. The van der Waals surface area contributed by atoms with Crippen LogP contribution in [0.2, 0.25) is 0 Å². The van der Waals surface area contributed by atoms with Crippen molar-refractivity contribution in [1.82, 2.24) is 0 Å². The minimum Gasteiger partial charge on any atom is -0.380 e. The fourth-order valence-electron chi connectivity index (χ4n) is 2.44. The molecule has 0 aromatic heterocycles. The van der Waals surface area contributed by atoms with Crippen molar-refractivity contribution in [2.24, 2.45) is 0 Å². The molecule has 1 aliphatic rings. The average molecular weight is 214 g/mol.